The van der Waals surface area contributed by atoms with Crippen molar-refractivity contribution in [2.24, 2.45) is 0 Å². The molecule has 1 aliphatic rings. The van der Waals surface area contributed by atoms with Crippen molar-refractivity contribution >= 4 is 5.91 Å². The molecule has 1 aliphatic heterocycles. The first-order chi connectivity index (χ1) is 11.8. The molecule has 0 spiro atoms. The minimum absolute atomic E-state index is 0.164. The molecule has 3 aromatic rings. The number of H-pyrrole nitrogens is 1. The van der Waals surface area contributed by atoms with Gasteiger partial charge in [0, 0.05) is 19.2 Å². The predicted octanol–water partition coefficient (Wildman–Crippen LogP) is 1.73. The van der Waals surface area contributed by atoms with Crippen LogP contribution in [0.15, 0.2) is 42.9 Å². The monoisotopic (exact) mass is 321 g/mol. The Balaban J connectivity index is 1.41. The van der Waals surface area contributed by atoms with Crippen molar-refractivity contribution in [2.75, 3.05) is 6.61 Å². The second kappa shape index (κ2) is 6.11. The van der Waals surface area contributed by atoms with Gasteiger partial charge in [-0.05, 0) is 29.3 Å². The summed E-state index contributed by atoms with van der Waals surface area (Å²) in [6.07, 6.45) is 3.87. The molecule has 2 N–H and O–H groups in total. The maximum Gasteiger partial charge on any atom is 0.253 e. The maximum atomic E-state index is 12.2. The fraction of sp³-hybridized carbons (Fsp3) is 0.176. The van der Waals surface area contributed by atoms with Crippen LogP contribution in [0.5, 0.6) is 5.75 Å². The second-order valence-corrected chi connectivity index (χ2v) is 5.49. The summed E-state index contributed by atoms with van der Waals surface area (Å²) in [5.74, 6) is 1.35. The highest BCUT2D eigenvalue weighted by atomic mass is 16.5. The number of aromatic nitrogens is 4. The van der Waals surface area contributed by atoms with Gasteiger partial charge in [-0.3, -0.25) is 14.9 Å². The van der Waals surface area contributed by atoms with Gasteiger partial charge in [0.15, 0.2) is 5.82 Å². The number of ether oxygens (including phenoxy) is 1. The van der Waals surface area contributed by atoms with E-state index in [2.05, 4.69) is 31.5 Å². The summed E-state index contributed by atoms with van der Waals surface area (Å²) in [6, 6.07) is 9.46. The van der Waals surface area contributed by atoms with Gasteiger partial charge in [-0.1, -0.05) is 12.1 Å². The lowest BCUT2D eigenvalue weighted by Gasteiger charge is -2.07. The van der Waals surface area contributed by atoms with Crippen molar-refractivity contribution in [3.05, 3.63) is 59.5 Å². The SMILES string of the molecule is O=C(NCc1ccc2c(c1)CCO2)c1ccc(-c2ncn[nH]2)nc1. The van der Waals surface area contributed by atoms with Crippen LogP contribution in [-0.2, 0) is 13.0 Å². The molecule has 0 aliphatic carbocycles. The molecule has 1 amide bonds. The van der Waals surface area contributed by atoms with Gasteiger partial charge in [0.25, 0.3) is 5.91 Å². The van der Waals surface area contributed by atoms with Crippen molar-refractivity contribution in [3.63, 3.8) is 0 Å². The Bertz CT molecular complexity index is 859. The molecule has 7 heteroatoms. The Morgan fingerprint density at radius 2 is 2.21 bits per heavy atom. The van der Waals surface area contributed by atoms with Gasteiger partial charge in [0.1, 0.15) is 17.8 Å². The maximum absolute atomic E-state index is 12.2. The van der Waals surface area contributed by atoms with Gasteiger partial charge >= 0.3 is 0 Å². The normalized spacial score (nSPS) is 12.5. The largest absolute Gasteiger partial charge is 0.493 e. The molecule has 2 aromatic heterocycles. The number of carbonyl (C=O) groups is 1. The second-order valence-electron chi connectivity index (χ2n) is 5.49. The molecule has 120 valence electrons. The molecule has 0 saturated heterocycles. The van der Waals surface area contributed by atoms with Gasteiger partial charge in [-0.25, -0.2) is 4.98 Å². The van der Waals surface area contributed by atoms with E-state index in [4.69, 9.17) is 4.74 Å². The highest BCUT2D eigenvalue weighted by Crippen LogP contribution is 2.25. The minimum Gasteiger partial charge on any atom is -0.493 e. The first-order valence-electron chi connectivity index (χ1n) is 7.64. The topological polar surface area (TPSA) is 92.8 Å². The number of hydrogen-bond acceptors (Lipinski definition) is 5. The van der Waals surface area contributed by atoms with Gasteiger partial charge in [-0.15, -0.1) is 0 Å². The number of benzene rings is 1. The van der Waals surface area contributed by atoms with Crippen LogP contribution in [0.25, 0.3) is 11.5 Å². The van der Waals surface area contributed by atoms with Crippen LogP contribution in [0, 0.1) is 0 Å². The average molecular weight is 321 g/mol. The van der Waals surface area contributed by atoms with E-state index < -0.39 is 0 Å². The summed E-state index contributed by atoms with van der Waals surface area (Å²) in [7, 11) is 0. The van der Waals surface area contributed by atoms with E-state index >= 15 is 0 Å². The van der Waals surface area contributed by atoms with E-state index in [0.717, 1.165) is 24.3 Å². The molecule has 0 bridgehead atoms. The Hall–Kier alpha value is -3.22. The van der Waals surface area contributed by atoms with Gasteiger partial charge in [0.2, 0.25) is 0 Å². The Kier molecular flexibility index (Phi) is 3.66. The summed E-state index contributed by atoms with van der Waals surface area (Å²) in [5.41, 5.74) is 3.39. The number of hydrogen-bond donors (Lipinski definition) is 2. The van der Waals surface area contributed by atoms with Crippen molar-refractivity contribution in [1.29, 1.82) is 0 Å². The lowest BCUT2D eigenvalue weighted by molar-refractivity contribution is 0.0950. The summed E-state index contributed by atoms with van der Waals surface area (Å²) in [6.45, 7) is 1.20. The number of nitrogens with zero attached hydrogens (tertiary/aromatic N) is 3. The summed E-state index contributed by atoms with van der Waals surface area (Å²) < 4.78 is 5.48. The molecule has 7 nitrogen and oxygen atoms in total. The third-order valence-corrected chi connectivity index (χ3v) is 3.89. The number of amides is 1. The number of fused-ring (bicyclic) bond motifs is 1. The van der Waals surface area contributed by atoms with Crippen LogP contribution in [-0.4, -0.2) is 32.7 Å². The fourth-order valence-corrected chi connectivity index (χ4v) is 2.63. The molecule has 3 heterocycles. The molecular formula is C17H15N5O2. The van der Waals surface area contributed by atoms with Crippen LogP contribution in [0.1, 0.15) is 21.5 Å². The quantitative estimate of drug-likeness (QED) is 0.763. The average Bonchev–Trinajstić information content (AvgIpc) is 3.31. The lowest BCUT2D eigenvalue weighted by Crippen LogP contribution is -2.22. The van der Waals surface area contributed by atoms with Crippen LogP contribution >= 0.6 is 0 Å². The summed E-state index contributed by atoms with van der Waals surface area (Å²) in [4.78, 5) is 20.5. The molecule has 0 unspecified atom stereocenters. The number of nitrogens with one attached hydrogen (secondary N) is 2. The Morgan fingerprint density at radius 1 is 1.25 bits per heavy atom. The molecule has 24 heavy (non-hydrogen) atoms. The first-order valence-corrected chi connectivity index (χ1v) is 7.64. The van der Waals surface area contributed by atoms with E-state index in [1.165, 1.54) is 18.1 Å². The van der Waals surface area contributed by atoms with Gasteiger partial charge in [0.05, 0.1) is 12.2 Å². The van der Waals surface area contributed by atoms with Crippen molar-refractivity contribution in [2.45, 2.75) is 13.0 Å². The zero-order valence-corrected chi connectivity index (χ0v) is 12.8. The van der Waals surface area contributed by atoms with Crippen molar-refractivity contribution in [1.82, 2.24) is 25.5 Å². The minimum atomic E-state index is -0.164. The molecular weight excluding hydrogens is 306 g/mol. The number of pyridine rings is 1. The van der Waals surface area contributed by atoms with Crippen molar-refractivity contribution in [3.8, 4) is 17.3 Å². The Labute approximate surface area is 138 Å². The van der Waals surface area contributed by atoms with Crippen LogP contribution in [0.2, 0.25) is 0 Å². The van der Waals surface area contributed by atoms with Crippen molar-refractivity contribution < 1.29 is 9.53 Å². The van der Waals surface area contributed by atoms with Crippen LogP contribution in [0.3, 0.4) is 0 Å². The van der Waals surface area contributed by atoms with Crippen LogP contribution in [0.4, 0.5) is 0 Å². The van der Waals surface area contributed by atoms with E-state index in [0.29, 0.717) is 23.6 Å². The molecule has 0 saturated carbocycles. The molecule has 0 radical (unpaired) electrons. The molecule has 1 aromatic carbocycles. The third kappa shape index (κ3) is 2.83. The predicted molar refractivity (Wildman–Crippen MR) is 86.4 cm³/mol. The van der Waals surface area contributed by atoms with E-state index in [9.17, 15) is 4.79 Å². The molecule has 4 rings (SSSR count). The molecule has 0 fully saturated rings. The summed E-state index contributed by atoms with van der Waals surface area (Å²) in [5, 5.41) is 9.42. The smallest absolute Gasteiger partial charge is 0.253 e. The van der Waals surface area contributed by atoms with Crippen LogP contribution < -0.4 is 10.1 Å². The summed E-state index contributed by atoms with van der Waals surface area (Å²) >= 11 is 0. The number of rotatable bonds is 4. The standard InChI is InChI=1S/C17H15N5O2/c23-17(13-2-3-14(18-9-13)16-20-10-21-22-16)19-8-11-1-4-15-12(7-11)5-6-24-15/h1-4,7,9-10H,5-6,8H2,(H,19,23)(H,20,21,22). The fourth-order valence-electron chi connectivity index (χ4n) is 2.63. The first kappa shape index (κ1) is 14.4. The van der Waals surface area contributed by atoms with Gasteiger partial charge < -0.3 is 10.1 Å². The Morgan fingerprint density at radius 3 is 3.00 bits per heavy atom. The number of aromatic amines is 1. The highest BCUT2D eigenvalue weighted by molar-refractivity contribution is 5.94. The highest BCUT2D eigenvalue weighted by Gasteiger charge is 2.13. The third-order valence-electron chi connectivity index (χ3n) is 3.89. The van der Waals surface area contributed by atoms with Gasteiger partial charge in [-0.2, -0.15) is 5.10 Å². The van der Waals surface area contributed by atoms with E-state index in [-0.39, 0.29) is 5.91 Å². The molecule has 0 atom stereocenters. The number of carbonyl (C=O) groups excluding carboxylic acids is 1. The van der Waals surface area contributed by atoms with E-state index in [1.54, 1.807) is 12.1 Å². The zero-order chi connectivity index (χ0) is 16.4. The zero-order valence-electron chi connectivity index (χ0n) is 12.8. The lowest BCUT2D eigenvalue weighted by atomic mass is 10.1. The van der Waals surface area contributed by atoms with E-state index in [1.807, 2.05) is 12.1 Å².